The first kappa shape index (κ1) is 16.6. The summed E-state index contributed by atoms with van der Waals surface area (Å²) in [4.78, 5) is 14.5. The highest BCUT2D eigenvalue weighted by Gasteiger charge is 2.29. The van der Waals surface area contributed by atoms with Crippen LogP contribution in [0.3, 0.4) is 0 Å². The van der Waals surface area contributed by atoms with Crippen LogP contribution in [0.5, 0.6) is 0 Å². The molecule has 1 heterocycles. The van der Waals surface area contributed by atoms with Gasteiger partial charge in [0.2, 0.25) is 0 Å². The van der Waals surface area contributed by atoms with Crippen LogP contribution >= 0.6 is 0 Å². The summed E-state index contributed by atoms with van der Waals surface area (Å²) >= 11 is 0. The number of nitrogens with two attached hydrogens (primary N) is 1. The van der Waals surface area contributed by atoms with Crippen LogP contribution in [-0.2, 0) is 11.3 Å². The van der Waals surface area contributed by atoms with Crippen LogP contribution in [0.1, 0.15) is 34.5 Å². The summed E-state index contributed by atoms with van der Waals surface area (Å²) < 4.78 is 19.0. The molecule has 0 aliphatic carbocycles. The highest BCUT2D eigenvalue weighted by Crippen LogP contribution is 2.26. The molecule has 2 aromatic rings. The standard InChI is InChI=1S/C19H21FN2O2/c1-13-11-22(19(23)16-4-2-14(10-21)3-5-16)12-18(24-13)15-6-8-17(20)9-7-15/h2-9,13,18H,10-12,21H2,1H3/t13-,18-/m1/s1. The Morgan fingerprint density at radius 2 is 1.83 bits per heavy atom. The number of hydrogen-bond donors (Lipinski definition) is 1. The van der Waals surface area contributed by atoms with E-state index in [4.69, 9.17) is 10.5 Å². The molecule has 5 heteroatoms. The van der Waals surface area contributed by atoms with Gasteiger partial charge in [-0.1, -0.05) is 24.3 Å². The van der Waals surface area contributed by atoms with Gasteiger partial charge in [0.15, 0.2) is 0 Å². The molecule has 1 aliphatic rings. The third-order valence-corrected chi connectivity index (χ3v) is 4.23. The van der Waals surface area contributed by atoms with E-state index in [2.05, 4.69) is 0 Å². The van der Waals surface area contributed by atoms with E-state index in [0.29, 0.717) is 25.2 Å². The number of carbonyl (C=O) groups excluding carboxylic acids is 1. The quantitative estimate of drug-likeness (QED) is 0.942. The first-order valence-corrected chi connectivity index (χ1v) is 8.06. The van der Waals surface area contributed by atoms with Gasteiger partial charge in [0.1, 0.15) is 11.9 Å². The van der Waals surface area contributed by atoms with Crippen molar-refractivity contribution in [3.8, 4) is 0 Å². The van der Waals surface area contributed by atoms with E-state index in [1.165, 1.54) is 12.1 Å². The Balaban J connectivity index is 1.76. The summed E-state index contributed by atoms with van der Waals surface area (Å²) in [6.45, 7) is 3.38. The third kappa shape index (κ3) is 3.63. The maximum Gasteiger partial charge on any atom is 0.254 e. The van der Waals surface area contributed by atoms with Crippen molar-refractivity contribution in [1.29, 1.82) is 0 Å². The number of halogens is 1. The fourth-order valence-electron chi connectivity index (χ4n) is 2.94. The number of nitrogens with zero attached hydrogens (tertiary/aromatic N) is 1. The molecular formula is C19H21FN2O2. The summed E-state index contributed by atoms with van der Waals surface area (Å²) in [7, 11) is 0. The molecule has 2 atom stereocenters. The Morgan fingerprint density at radius 3 is 2.46 bits per heavy atom. The minimum atomic E-state index is -0.282. The van der Waals surface area contributed by atoms with Crippen molar-refractivity contribution in [3.05, 3.63) is 71.0 Å². The molecule has 4 nitrogen and oxygen atoms in total. The van der Waals surface area contributed by atoms with Crippen LogP contribution in [0.2, 0.25) is 0 Å². The number of morpholine rings is 1. The van der Waals surface area contributed by atoms with Gasteiger partial charge in [0.05, 0.1) is 12.6 Å². The van der Waals surface area contributed by atoms with Gasteiger partial charge in [0, 0.05) is 18.7 Å². The third-order valence-electron chi connectivity index (χ3n) is 4.23. The van der Waals surface area contributed by atoms with E-state index in [1.54, 1.807) is 29.2 Å². The van der Waals surface area contributed by atoms with E-state index in [-0.39, 0.29) is 23.9 Å². The molecule has 2 N–H and O–H groups in total. The molecule has 1 saturated heterocycles. The van der Waals surface area contributed by atoms with Gasteiger partial charge < -0.3 is 15.4 Å². The summed E-state index contributed by atoms with van der Waals surface area (Å²) in [5, 5.41) is 0. The van der Waals surface area contributed by atoms with Gasteiger partial charge in [-0.05, 0) is 42.3 Å². The smallest absolute Gasteiger partial charge is 0.254 e. The Bertz CT molecular complexity index is 700. The topological polar surface area (TPSA) is 55.6 Å². The number of hydrogen-bond acceptors (Lipinski definition) is 3. The monoisotopic (exact) mass is 328 g/mol. The Labute approximate surface area is 141 Å². The summed E-state index contributed by atoms with van der Waals surface area (Å²) in [5.74, 6) is -0.309. The highest BCUT2D eigenvalue weighted by molar-refractivity contribution is 5.94. The molecule has 3 rings (SSSR count). The average molecular weight is 328 g/mol. The van der Waals surface area contributed by atoms with Gasteiger partial charge in [-0.2, -0.15) is 0 Å². The van der Waals surface area contributed by atoms with E-state index in [9.17, 15) is 9.18 Å². The molecule has 2 aromatic carbocycles. The molecule has 0 saturated carbocycles. The van der Waals surface area contributed by atoms with Gasteiger partial charge in [-0.25, -0.2) is 4.39 Å². The molecule has 0 aromatic heterocycles. The lowest BCUT2D eigenvalue weighted by Crippen LogP contribution is -2.46. The Morgan fingerprint density at radius 1 is 1.17 bits per heavy atom. The number of ether oxygens (including phenoxy) is 1. The van der Waals surface area contributed by atoms with Gasteiger partial charge in [-0.3, -0.25) is 4.79 Å². The molecule has 1 amide bonds. The lowest BCUT2D eigenvalue weighted by Gasteiger charge is -2.37. The summed E-state index contributed by atoms with van der Waals surface area (Å²) in [6, 6.07) is 13.6. The van der Waals surface area contributed by atoms with E-state index in [0.717, 1.165) is 11.1 Å². The van der Waals surface area contributed by atoms with Gasteiger partial charge in [0.25, 0.3) is 5.91 Å². The van der Waals surface area contributed by atoms with Crippen LogP contribution in [0.25, 0.3) is 0 Å². The molecule has 0 spiro atoms. The Kier molecular flexibility index (Phi) is 4.92. The second kappa shape index (κ2) is 7.11. The zero-order chi connectivity index (χ0) is 17.1. The van der Waals surface area contributed by atoms with Crippen LogP contribution < -0.4 is 5.73 Å². The van der Waals surface area contributed by atoms with Crippen molar-refractivity contribution >= 4 is 5.91 Å². The van der Waals surface area contributed by atoms with E-state index in [1.807, 2.05) is 19.1 Å². The fourth-order valence-corrected chi connectivity index (χ4v) is 2.94. The number of benzene rings is 2. The Hall–Kier alpha value is -2.24. The first-order valence-electron chi connectivity index (χ1n) is 8.06. The molecule has 1 fully saturated rings. The van der Waals surface area contributed by atoms with Crippen LogP contribution in [0.4, 0.5) is 4.39 Å². The summed E-state index contributed by atoms with van der Waals surface area (Å²) in [6.07, 6.45) is -0.331. The number of amides is 1. The van der Waals surface area contributed by atoms with Crippen molar-refractivity contribution in [2.45, 2.75) is 25.7 Å². The lowest BCUT2D eigenvalue weighted by molar-refractivity contribution is -0.0691. The fraction of sp³-hybridized carbons (Fsp3) is 0.316. The SMILES string of the molecule is C[C@@H]1CN(C(=O)c2ccc(CN)cc2)C[C@H](c2ccc(F)cc2)O1. The normalized spacial score (nSPS) is 20.9. The molecule has 24 heavy (non-hydrogen) atoms. The van der Waals surface area contributed by atoms with Gasteiger partial charge in [-0.15, -0.1) is 0 Å². The van der Waals surface area contributed by atoms with Crippen molar-refractivity contribution in [3.63, 3.8) is 0 Å². The van der Waals surface area contributed by atoms with Gasteiger partial charge >= 0.3 is 0 Å². The van der Waals surface area contributed by atoms with Crippen molar-refractivity contribution in [2.24, 2.45) is 5.73 Å². The molecular weight excluding hydrogens is 307 g/mol. The number of rotatable bonds is 3. The van der Waals surface area contributed by atoms with Crippen molar-refractivity contribution < 1.29 is 13.9 Å². The highest BCUT2D eigenvalue weighted by atomic mass is 19.1. The zero-order valence-electron chi connectivity index (χ0n) is 13.6. The second-order valence-corrected chi connectivity index (χ2v) is 6.10. The largest absolute Gasteiger partial charge is 0.367 e. The van der Waals surface area contributed by atoms with Crippen LogP contribution in [0, 0.1) is 5.82 Å². The average Bonchev–Trinajstić information content (AvgIpc) is 2.61. The van der Waals surface area contributed by atoms with Crippen LogP contribution in [-0.4, -0.2) is 30.0 Å². The zero-order valence-corrected chi connectivity index (χ0v) is 13.6. The molecule has 0 unspecified atom stereocenters. The second-order valence-electron chi connectivity index (χ2n) is 6.10. The lowest BCUT2D eigenvalue weighted by atomic mass is 10.0. The minimum Gasteiger partial charge on any atom is -0.367 e. The number of carbonyl (C=O) groups is 1. The van der Waals surface area contributed by atoms with E-state index < -0.39 is 0 Å². The molecule has 0 bridgehead atoms. The van der Waals surface area contributed by atoms with Crippen molar-refractivity contribution in [1.82, 2.24) is 4.90 Å². The molecule has 1 aliphatic heterocycles. The molecule has 0 radical (unpaired) electrons. The predicted octanol–water partition coefficient (Wildman–Crippen LogP) is 2.89. The van der Waals surface area contributed by atoms with Crippen LogP contribution in [0.15, 0.2) is 48.5 Å². The maximum absolute atomic E-state index is 13.1. The predicted molar refractivity (Wildman–Crippen MR) is 89.9 cm³/mol. The first-order chi connectivity index (χ1) is 11.6. The summed E-state index contributed by atoms with van der Waals surface area (Å²) in [5.41, 5.74) is 8.10. The maximum atomic E-state index is 13.1. The van der Waals surface area contributed by atoms with Crippen molar-refractivity contribution in [2.75, 3.05) is 13.1 Å². The minimum absolute atomic E-state index is 0.0270. The molecule has 126 valence electrons. The van der Waals surface area contributed by atoms with E-state index >= 15 is 0 Å².